The van der Waals surface area contributed by atoms with Gasteiger partial charge in [-0.15, -0.1) is 5.10 Å². The van der Waals surface area contributed by atoms with E-state index < -0.39 is 0 Å². The van der Waals surface area contributed by atoms with Crippen LogP contribution in [0.2, 0.25) is 0 Å². The van der Waals surface area contributed by atoms with Gasteiger partial charge in [0.1, 0.15) is 6.07 Å². The van der Waals surface area contributed by atoms with Crippen LogP contribution in [0.4, 0.5) is 5.82 Å². The van der Waals surface area contributed by atoms with Gasteiger partial charge >= 0.3 is 0 Å². The lowest BCUT2D eigenvalue weighted by Gasteiger charge is -2.03. The summed E-state index contributed by atoms with van der Waals surface area (Å²) in [5.41, 5.74) is 0.547. The molecule has 0 fully saturated rings. The number of unbranched alkanes of at least 4 members (excludes halogenated alkanes) is 1. The lowest BCUT2D eigenvalue weighted by molar-refractivity contribution is 0.826. The van der Waals surface area contributed by atoms with E-state index in [0.29, 0.717) is 11.4 Å². The van der Waals surface area contributed by atoms with Crippen LogP contribution in [0.15, 0.2) is 12.3 Å². The maximum Gasteiger partial charge on any atom is 0.166 e. The summed E-state index contributed by atoms with van der Waals surface area (Å²) >= 11 is 0. The van der Waals surface area contributed by atoms with Crippen molar-refractivity contribution in [1.82, 2.24) is 10.2 Å². The smallest absolute Gasteiger partial charge is 0.166 e. The molecular formula is C9H12N4. The molecular weight excluding hydrogens is 164 g/mol. The second kappa shape index (κ2) is 5.09. The van der Waals surface area contributed by atoms with Gasteiger partial charge < -0.3 is 5.32 Å². The minimum atomic E-state index is 0.547. The average Bonchev–Trinajstić information content (AvgIpc) is 2.19. The molecule has 1 rings (SSSR count). The zero-order valence-corrected chi connectivity index (χ0v) is 7.62. The summed E-state index contributed by atoms with van der Waals surface area (Å²) in [7, 11) is 0. The summed E-state index contributed by atoms with van der Waals surface area (Å²) in [5, 5.41) is 19.3. The largest absolute Gasteiger partial charge is 0.367 e. The van der Waals surface area contributed by atoms with E-state index in [4.69, 9.17) is 5.26 Å². The Morgan fingerprint density at radius 3 is 3.15 bits per heavy atom. The van der Waals surface area contributed by atoms with Crippen LogP contribution >= 0.6 is 0 Å². The minimum Gasteiger partial charge on any atom is -0.367 e. The van der Waals surface area contributed by atoms with E-state index in [1.165, 1.54) is 6.20 Å². The normalized spacial score (nSPS) is 9.23. The van der Waals surface area contributed by atoms with E-state index in [0.717, 1.165) is 19.4 Å². The first-order valence-electron chi connectivity index (χ1n) is 4.34. The fourth-order valence-corrected chi connectivity index (χ4v) is 0.936. The number of hydrogen-bond donors (Lipinski definition) is 1. The molecule has 1 aromatic heterocycles. The Kier molecular flexibility index (Phi) is 3.71. The molecule has 0 aliphatic carbocycles. The maximum atomic E-state index is 8.72. The highest BCUT2D eigenvalue weighted by molar-refractivity contribution is 5.49. The van der Waals surface area contributed by atoms with Gasteiger partial charge in [0.25, 0.3) is 0 Å². The van der Waals surface area contributed by atoms with E-state index >= 15 is 0 Å². The zero-order valence-electron chi connectivity index (χ0n) is 7.62. The van der Waals surface area contributed by atoms with Crippen LogP contribution < -0.4 is 5.32 Å². The van der Waals surface area contributed by atoms with E-state index in [-0.39, 0.29) is 0 Å². The van der Waals surface area contributed by atoms with Crippen LogP contribution in [0.1, 0.15) is 25.3 Å². The highest BCUT2D eigenvalue weighted by Gasteiger charge is 2.00. The van der Waals surface area contributed by atoms with Crippen molar-refractivity contribution in [2.75, 3.05) is 11.9 Å². The summed E-state index contributed by atoms with van der Waals surface area (Å²) < 4.78 is 0. The molecule has 0 saturated heterocycles. The standard InChI is InChI=1S/C9H12N4/c1-2-3-5-11-9-8(7-10)4-6-12-13-9/h4,6H,2-3,5H2,1H3,(H,11,13). The van der Waals surface area contributed by atoms with Gasteiger partial charge in [-0.3, -0.25) is 0 Å². The molecule has 4 nitrogen and oxygen atoms in total. The quantitative estimate of drug-likeness (QED) is 0.707. The fourth-order valence-electron chi connectivity index (χ4n) is 0.936. The second-order valence-corrected chi connectivity index (χ2v) is 2.69. The second-order valence-electron chi connectivity index (χ2n) is 2.69. The van der Waals surface area contributed by atoms with E-state index in [9.17, 15) is 0 Å². The molecule has 0 amide bonds. The first-order chi connectivity index (χ1) is 6.38. The third-order valence-electron chi connectivity index (χ3n) is 1.66. The molecule has 1 aromatic rings. The number of hydrogen-bond acceptors (Lipinski definition) is 4. The van der Waals surface area contributed by atoms with Crippen molar-refractivity contribution in [3.05, 3.63) is 17.8 Å². The molecule has 0 radical (unpaired) electrons. The molecule has 4 heteroatoms. The Bertz CT molecular complexity index is 303. The summed E-state index contributed by atoms with van der Waals surface area (Å²) in [6, 6.07) is 3.71. The third kappa shape index (κ3) is 2.71. The van der Waals surface area contributed by atoms with Gasteiger partial charge in [-0.2, -0.15) is 10.4 Å². The number of anilines is 1. The lowest BCUT2D eigenvalue weighted by atomic mass is 10.3. The van der Waals surface area contributed by atoms with E-state index in [1.807, 2.05) is 0 Å². The van der Waals surface area contributed by atoms with Crippen LogP contribution in [0.3, 0.4) is 0 Å². The molecule has 13 heavy (non-hydrogen) atoms. The molecule has 0 saturated carbocycles. The molecule has 0 spiro atoms. The predicted octanol–water partition coefficient (Wildman–Crippen LogP) is 1.56. The molecule has 68 valence electrons. The molecule has 0 unspecified atom stereocenters. The number of nitrogens with one attached hydrogen (secondary N) is 1. The number of aromatic nitrogens is 2. The Labute approximate surface area is 77.6 Å². The number of rotatable bonds is 4. The molecule has 0 aliphatic rings. The molecule has 1 heterocycles. The molecule has 0 bridgehead atoms. The first kappa shape index (κ1) is 9.46. The average molecular weight is 176 g/mol. The SMILES string of the molecule is CCCCNc1nnccc1C#N. The summed E-state index contributed by atoms with van der Waals surface area (Å²) in [5.74, 6) is 0.582. The Hall–Kier alpha value is -1.63. The molecule has 0 atom stereocenters. The maximum absolute atomic E-state index is 8.72. The van der Waals surface area contributed by atoms with Crippen LogP contribution in [0.25, 0.3) is 0 Å². The van der Waals surface area contributed by atoms with Crippen molar-refractivity contribution in [2.45, 2.75) is 19.8 Å². The van der Waals surface area contributed by atoms with Gasteiger partial charge in [-0.1, -0.05) is 13.3 Å². The predicted molar refractivity (Wildman–Crippen MR) is 50.1 cm³/mol. The van der Waals surface area contributed by atoms with Crippen molar-refractivity contribution in [3.63, 3.8) is 0 Å². The number of nitrogens with zero attached hydrogens (tertiary/aromatic N) is 3. The van der Waals surface area contributed by atoms with E-state index in [2.05, 4.69) is 28.5 Å². The fraction of sp³-hybridized carbons (Fsp3) is 0.444. The van der Waals surface area contributed by atoms with Crippen LogP contribution in [0, 0.1) is 11.3 Å². The van der Waals surface area contributed by atoms with Gasteiger partial charge in [0.15, 0.2) is 5.82 Å². The Morgan fingerprint density at radius 1 is 1.62 bits per heavy atom. The van der Waals surface area contributed by atoms with Crippen molar-refractivity contribution in [2.24, 2.45) is 0 Å². The van der Waals surface area contributed by atoms with E-state index in [1.54, 1.807) is 6.07 Å². The van der Waals surface area contributed by atoms with Crippen molar-refractivity contribution >= 4 is 5.82 Å². The minimum absolute atomic E-state index is 0.547. The van der Waals surface area contributed by atoms with Crippen LogP contribution in [-0.4, -0.2) is 16.7 Å². The summed E-state index contributed by atoms with van der Waals surface area (Å²) in [6.45, 7) is 2.95. The Morgan fingerprint density at radius 2 is 2.46 bits per heavy atom. The van der Waals surface area contributed by atoms with Gasteiger partial charge in [0.05, 0.1) is 11.8 Å². The lowest BCUT2D eigenvalue weighted by Crippen LogP contribution is -2.05. The molecule has 0 aromatic carbocycles. The van der Waals surface area contributed by atoms with Gasteiger partial charge in [0, 0.05) is 6.54 Å². The van der Waals surface area contributed by atoms with Crippen molar-refractivity contribution in [1.29, 1.82) is 5.26 Å². The first-order valence-corrected chi connectivity index (χ1v) is 4.34. The van der Waals surface area contributed by atoms with Crippen molar-refractivity contribution < 1.29 is 0 Å². The van der Waals surface area contributed by atoms with Crippen molar-refractivity contribution in [3.8, 4) is 6.07 Å². The van der Waals surface area contributed by atoms with Crippen LogP contribution in [-0.2, 0) is 0 Å². The van der Waals surface area contributed by atoms with Gasteiger partial charge in [0.2, 0.25) is 0 Å². The summed E-state index contributed by atoms with van der Waals surface area (Å²) in [4.78, 5) is 0. The van der Waals surface area contributed by atoms with Gasteiger partial charge in [-0.05, 0) is 12.5 Å². The van der Waals surface area contributed by atoms with Gasteiger partial charge in [-0.25, -0.2) is 0 Å². The summed E-state index contributed by atoms with van der Waals surface area (Å²) in [6.07, 6.45) is 3.71. The number of nitriles is 1. The monoisotopic (exact) mass is 176 g/mol. The van der Waals surface area contributed by atoms with Crippen LogP contribution in [0.5, 0.6) is 0 Å². The Balaban J connectivity index is 2.60. The molecule has 1 N–H and O–H groups in total. The highest BCUT2D eigenvalue weighted by atomic mass is 15.2. The third-order valence-corrected chi connectivity index (χ3v) is 1.66. The molecule has 0 aliphatic heterocycles. The highest BCUT2D eigenvalue weighted by Crippen LogP contribution is 2.07. The zero-order chi connectivity index (χ0) is 9.52. The topological polar surface area (TPSA) is 61.6 Å².